The van der Waals surface area contributed by atoms with Crippen molar-refractivity contribution < 1.29 is 14.6 Å². The van der Waals surface area contributed by atoms with Gasteiger partial charge in [-0.2, -0.15) is 0 Å². The topological polar surface area (TPSA) is 103 Å². The molecule has 8 nitrogen and oxygen atoms in total. The molecule has 8 heteroatoms. The fourth-order valence-corrected chi connectivity index (χ4v) is 3.54. The molecule has 0 aliphatic rings. The van der Waals surface area contributed by atoms with E-state index in [0.29, 0.717) is 41.6 Å². The van der Waals surface area contributed by atoms with E-state index in [1.54, 1.807) is 26.6 Å². The molecule has 1 aromatic heterocycles. The Hall–Kier alpha value is -3.62. The highest BCUT2D eigenvalue weighted by Gasteiger charge is 2.14. The van der Waals surface area contributed by atoms with Gasteiger partial charge in [-0.25, -0.2) is 0 Å². The second-order valence-electron chi connectivity index (χ2n) is 8.37. The second kappa shape index (κ2) is 14.7. The number of hydrogen-bond acceptors (Lipinski definition) is 8. The molecular formula is C28H39N5O3. The van der Waals surface area contributed by atoms with E-state index >= 15 is 0 Å². The molecule has 0 bridgehead atoms. The van der Waals surface area contributed by atoms with Crippen LogP contribution in [0.5, 0.6) is 11.5 Å². The van der Waals surface area contributed by atoms with Gasteiger partial charge in [0.2, 0.25) is 0 Å². The van der Waals surface area contributed by atoms with Gasteiger partial charge in [-0.3, -0.25) is 4.98 Å². The molecule has 0 fully saturated rings. The van der Waals surface area contributed by atoms with Gasteiger partial charge in [0.25, 0.3) is 0 Å². The molecule has 0 radical (unpaired) electrons. The number of rotatable bonds is 14. The minimum absolute atomic E-state index is 0.0120. The van der Waals surface area contributed by atoms with E-state index in [1.807, 2.05) is 43.3 Å². The summed E-state index contributed by atoms with van der Waals surface area (Å²) < 4.78 is 11.0. The number of aliphatic hydroxyl groups excluding tert-OH is 1. The molecule has 0 saturated carbocycles. The Labute approximate surface area is 214 Å². The van der Waals surface area contributed by atoms with E-state index in [9.17, 15) is 0 Å². The smallest absolute Gasteiger partial charge is 0.124 e. The average Bonchev–Trinajstić information content (AvgIpc) is 2.88. The zero-order valence-corrected chi connectivity index (χ0v) is 22.0. The Balaban J connectivity index is 2.58. The number of ether oxygens (including phenoxy) is 2. The van der Waals surface area contributed by atoms with Crippen LogP contribution in [0.3, 0.4) is 0 Å². The van der Waals surface area contributed by atoms with Gasteiger partial charge >= 0.3 is 0 Å². The number of methoxy groups -OCH3 is 2. The third-order valence-corrected chi connectivity index (χ3v) is 5.45. The van der Waals surface area contributed by atoms with Crippen molar-refractivity contribution in [2.24, 2.45) is 0 Å². The van der Waals surface area contributed by atoms with Gasteiger partial charge in [0.1, 0.15) is 11.5 Å². The quantitative estimate of drug-likeness (QED) is 0.237. The lowest BCUT2D eigenvalue weighted by atomic mass is 10.1. The van der Waals surface area contributed by atoms with Crippen LogP contribution in [0.1, 0.15) is 26.3 Å². The van der Waals surface area contributed by atoms with Crippen LogP contribution in [0.15, 0.2) is 48.4 Å². The van der Waals surface area contributed by atoms with E-state index in [2.05, 4.69) is 40.9 Å². The maximum Gasteiger partial charge on any atom is 0.124 e. The highest BCUT2D eigenvalue weighted by Crippen LogP contribution is 2.30. The van der Waals surface area contributed by atoms with Gasteiger partial charge in [-0.1, -0.05) is 26.5 Å². The van der Waals surface area contributed by atoms with Gasteiger partial charge in [0.05, 0.1) is 26.2 Å². The van der Waals surface area contributed by atoms with Gasteiger partial charge in [-0.15, -0.1) is 0 Å². The highest BCUT2D eigenvalue weighted by atomic mass is 16.5. The van der Waals surface area contributed by atoms with Crippen molar-refractivity contribution in [3.05, 3.63) is 64.6 Å². The first-order valence-corrected chi connectivity index (χ1v) is 12.0. The molecule has 1 aromatic carbocycles. The largest absolute Gasteiger partial charge is 0.497 e. The minimum atomic E-state index is 0.0120. The summed E-state index contributed by atoms with van der Waals surface area (Å²) in [7, 11) is 3.28. The number of pyridine rings is 1. The summed E-state index contributed by atoms with van der Waals surface area (Å²) in [5.74, 6) is 1.42. The maximum atomic E-state index is 9.03. The number of aliphatic hydroxyl groups is 1. The summed E-state index contributed by atoms with van der Waals surface area (Å²) in [6.45, 7) is 12.3. The first kappa shape index (κ1) is 28.6. The van der Waals surface area contributed by atoms with Crippen molar-refractivity contribution in [3.63, 3.8) is 0 Å². The predicted molar refractivity (Wildman–Crippen MR) is 149 cm³/mol. The first-order chi connectivity index (χ1) is 17.4. The van der Waals surface area contributed by atoms with Crippen LogP contribution in [0.25, 0.3) is 18.2 Å². The van der Waals surface area contributed by atoms with Crippen LogP contribution >= 0.6 is 0 Å². The predicted octanol–water partition coefficient (Wildman–Crippen LogP) is 2.27. The van der Waals surface area contributed by atoms with E-state index in [4.69, 9.17) is 20.0 Å². The van der Waals surface area contributed by atoms with Crippen LogP contribution < -0.4 is 35.6 Å². The van der Waals surface area contributed by atoms with E-state index < -0.39 is 0 Å². The number of hydrogen-bond donors (Lipinski definition) is 4. The minimum Gasteiger partial charge on any atom is -0.497 e. The molecule has 0 aliphatic heterocycles. The average molecular weight is 494 g/mol. The van der Waals surface area contributed by atoms with Gasteiger partial charge in [-0.05, 0) is 19.1 Å². The van der Waals surface area contributed by atoms with Gasteiger partial charge < -0.3 is 35.5 Å². The fourth-order valence-electron chi connectivity index (χ4n) is 3.54. The molecular weight excluding hydrogens is 454 g/mol. The van der Waals surface area contributed by atoms with Crippen molar-refractivity contribution in [2.75, 3.05) is 45.4 Å². The van der Waals surface area contributed by atoms with Crippen LogP contribution in [0.4, 0.5) is 5.69 Å². The summed E-state index contributed by atoms with van der Waals surface area (Å²) in [5.41, 5.74) is 3.33. The van der Waals surface area contributed by atoms with Gasteiger partial charge in [0, 0.05) is 90.2 Å². The van der Waals surface area contributed by atoms with Crippen LogP contribution in [-0.4, -0.2) is 62.8 Å². The molecule has 36 heavy (non-hydrogen) atoms. The van der Waals surface area contributed by atoms with E-state index in [1.165, 1.54) is 6.21 Å². The SMILES string of the molecule is C=c1ncc(/C(C=N)=C/NCCO)c/c1=C/C(=C\C)N(CCNC(C)C)c1cc(OC)cc(OC)c1. The summed E-state index contributed by atoms with van der Waals surface area (Å²) in [4.78, 5) is 6.67. The zero-order valence-electron chi connectivity index (χ0n) is 22.0. The summed E-state index contributed by atoms with van der Waals surface area (Å²) in [6.07, 6.45) is 8.75. The van der Waals surface area contributed by atoms with E-state index in [-0.39, 0.29) is 6.61 Å². The normalized spacial score (nSPS) is 12.6. The number of nitrogens with one attached hydrogen (secondary N) is 3. The Morgan fingerprint density at radius 1 is 1.17 bits per heavy atom. The van der Waals surface area contributed by atoms with Crippen LogP contribution in [0, 0.1) is 5.41 Å². The molecule has 2 rings (SSSR count). The molecule has 4 N–H and O–H groups in total. The molecule has 0 aliphatic carbocycles. The molecule has 0 spiro atoms. The highest BCUT2D eigenvalue weighted by molar-refractivity contribution is 6.08. The van der Waals surface area contributed by atoms with Crippen LogP contribution in [-0.2, 0) is 0 Å². The van der Waals surface area contributed by atoms with Crippen molar-refractivity contribution in [3.8, 4) is 11.5 Å². The number of allylic oxidation sites excluding steroid dienone is 3. The molecule has 194 valence electrons. The number of benzene rings is 1. The molecule has 1 heterocycles. The summed E-state index contributed by atoms with van der Waals surface area (Å²) in [5, 5.41) is 24.8. The molecule has 0 unspecified atom stereocenters. The fraction of sp³-hybridized carbons (Fsp3) is 0.357. The van der Waals surface area contributed by atoms with Crippen molar-refractivity contribution >= 4 is 30.1 Å². The second-order valence-corrected chi connectivity index (χ2v) is 8.37. The Kier molecular flexibility index (Phi) is 11.7. The van der Waals surface area contributed by atoms with Crippen molar-refractivity contribution in [1.82, 2.24) is 15.6 Å². The molecule has 2 aromatic rings. The third-order valence-electron chi connectivity index (χ3n) is 5.45. The summed E-state index contributed by atoms with van der Waals surface area (Å²) >= 11 is 0. The lowest BCUT2D eigenvalue weighted by Crippen LogP contribution is -2.35. The molecule has 0 saturated heterocycles. The van der Waals surface area contributed by atoms with Crippen molar-refractivity contribution in [1.29, 1.82) is 5.41 Å². The Morgan fingerprint density at radius 2 is 1.86 bits per heavy atom. The zero-order chi connectivity index (χ0) is 26.5. The number of aromatic nitrogens is 1. The van der Waals surface area contributed by atoms with Crippen molar-refractivity contribution in [2.45, 2.75) is 26.8 Å². The van der Waals surface area contributed by atoms with Gasteiger partial charge in [0.15, 0.2) is 0 Å². The van der Waals surface area contributed by atoms with E-state index in [0.717, 1.165) is 28.7 Å². The Morgan fingerprint density at radius 3 is 2.42 bits per heavy atom. The monoisotopic (exact) mass is 493 g/mol. The molecule has 0 amide bonds. The Bertz CT molecular complexity index is 1150. The summed E-state index contributed by atoms with van der Waals surface area (Å²) in [6, 6.07) is 8.15. The lowest BCUT2D eigenvalue weighted by Gasteiger charge is -2.27. The first-order valence-electron chi connectivity index (χ1n) is 12.0. The number of anilines is 1. The lowest BCUT2D eigenvalue weighted by molar-refractivity contribution is 0.298. The third kappa shape index (κ3) is 8.25. The van der Waals surface area contributed by atoms with Crippen LogP contribution in [0.2, 0.25) is 0 Å². The molecule has 0 atom stereocenters. The standard InChI is InChI=1S/C28H39N5O3/c1-7-25(13-22-12-23(19-32-21(22)4)24(17-29)18-30-9-11-34)33(10-8-31-20(2)3)26-14-27(35-5)16-28(15-26)36-6/h7,12-20,29-31,34H,4,8-11H2,1-3,5-6H3/b22-13-,24-18+,25-7+,29-17?. The maximum absolute atomic E-state index is 9.03. The number of nitrogens with zero attached hydrogens (tertiary/aromatic N) is 2.